The second-order valence-electron chi connectivity index (χ2n) is 5.58. The fourth-order valence-electron chi connectivity index (χ4n) is 2.70. The van der Waals surface area contributed by atoms with Gasteiger partial charge in [-0.3, -0.25) is 4.79 Å². The van der Waals surface area contributed by atoms with Gasteiger partial charge in [-0.05, 0) is 24.6 Å². The van der Waals surface area contributed by atoms with Crippen LogP contribution in [0.1, 0.15) is 28.9 Å². The summed E-state index contributed by atoms with van der Waals surface area (Å²) in [4.78, 5) is 19.2. The van der Waals surface area contributed by atoms with Crippen molar-refractivity contribution in [1.29, 1.82) is 0 Å². The number of aromatic nitrogens is 1. The molecule has 1 aromatic carbocycles. The third-order valence-electron chi connectivity index (χ3n) is 3.99. The van der Waals surface area contributed by atoms with E-state index in [-0.39, 0.29) is 11.9 Å². The Kier molecular flexibility index (Phi) is 4.88. The van der Waals surface area contributed by atoms with E-state index in [1.165, 1.54) is 0 Å². The van der Waals surface area contributed by atoms with Crippen LogP contribution >= 0.6 is 0 Å². The highest BCUT2D eigenvalue weighted by Gasteiger charge is 2.21. The number of amides is 1. The zero-order valence-corrected chi connectivity index (χ0v) is 13.2. The number of pyridine rings is 1. The molecule has 1 aliphatic heterocycles. The fourth-order valence-corrected chi connectivity index (χ4v) is 2.70. The van der Waals surface area contributed by atoms with E-state index in [9.17, 15) is 4.79 Å². The quantitative estimate of drug-likeness (QED) is 0.942. The van der Waals surface area contributed by atoms with Crippen LogP contribution in [-0.2, 0) is 4.74 Å². The van der Waals surface area contributed by atoms with Gasteiger partial charge in [-0.2, -0.15) is 0 Å². The van der Waals surface area contributed by atoms with Gasteiger partial charge in [0, 0.05) is 19.3 Å². The number of hydrogen-bond donors (Lipinski definition) is 1. The van der Waals surface area contributed by atoms with Crippen molar-refractivity contribution in [1.82, 2.24) is 10.3 Å². The zero-order valence-electron chi connectivity index (χ0n) is 13.2. The molecule has 1 aromatic heterocycles. The average molecular weight is 311 g/mol. The zero-order chi connectivity index (χ0) is 16.1. The molecule has 0 bridgehead atoms. The van der Waals surface area contributed by atoms with Crippen molar-refractivity contribution in [3.63, 3.8) is 0 Å². The topological polar surface area (TPSA) is 54.5 Å². The molecular weight excluding hydrogens is 290 g/mol. The summed E-state index contributed by atoms with van der Waals surface area (Å²) in [5.74, 6) is 0.629. The van der Waals surface area contributed by atoms with Gasteiger partial charge in [-0.25, -0.2) is 4.98 Å². The number of morpholine rings is 1. The van der Waals surface area contributed by atoms with Crippen molar-refractivity contribution in [3.8, 4) is 0 Å². The van der Waals surface area contributed by atoms with Crippen LogP contribution in [0, 0.1) is 0 Å². The van der Waals surface area contributed by atoms with Crippen molar-refractivity contribution in [2.24, 2.45) is 0 Å². The molecule has 1 saturated heterocycles. The summed E-state index contributed by atoms with van der Waals surface area (Å²) >= 11 is 0. The number of nitrogens with zero attached hydrogens (tertiary/aromatic N) is 2. The van der Waals surface area contributed by atoms with Gasteiger partial charge in [-0.15, -0.1) is 0 Å². The number of ether oxygens (including phenoxy) is 1. The van der Waals surface area contributed by atoms with E-state index < -0.39 is 0 Å². The molecule has 0 spiro atoms. The summed E-state index contributed by atoms with van der Waals surface area (Å²) in [6.45, 7) is 4.82. The first-order valence-electron chi connectivity index (χ1n) is 7.89. The van der Waals surface area contributed by atoms with Crippen LogP contribution < -0.4 is 10.2 Å². The first-order valence-corrected chi connectivity index (χ1v) is 7.89. The summed E-state index contributed by atoms with van der Waals surface area (Å²) < 4.78 is 5.37. The third-order valence-corrected chi connectivity index (χ3v) is 3.99. The lowest BCUT2D eigenvalue weighted by Gasteiger charge is -2.29. The minimum atomic E-state index is -0.101. The predicted octanol–water partition coefficient (Wildman–Crippen LogP) is 2.41. The number of rotatable bonds is 4. The summed E-state index contributed by atoms with van der Waals surface area (Å²) in [5.41, 5.74) is 1.69. The molecule has 23 heavy (non-hydrogen) atoms. The maximum atomic E-state index is 12.7. The molecule has 1 atom stereocenters. The Morgan fingerprint density at radius 3 is 2.65 bits per heavy atom. The number of benzene rings is 1. The van der Waals surface area contributed by atoms with Crippen molar-refractivity contribution in [3.05, 3.63) is 59.8 Å². The van der Waals surface area contributed by atoms with Gasteiger partial charge in [0.2, 0.25) is 0 Å². The minimum Gasteiger partial charge on any atom is -0.378 e. The molecule has 120 valence electrons. The Hall–Kier alpha value is -2.40. The molecular formula is C18H21N3O2. The highest BCUT2D eigenvalue weighted by Crippen LogP contribution is 2.20. The normalized spacial score (nSPS) is 16.0. The molecule has 0 radical (unpaired) electrons. The van der Waals surface area contributed by atoms with Crippen LogP contribution in [-0.4, -0.2) is 37.2 Å². The summed E-state index contributed by atoms with van der Waals surface area (Å²) in [6, 6.07) is 13.5. The highest BCUT2D eigenvalue weighted by molar-refractivity contribution is 5.99. The maximum absolute atomic E-state index is 12.7. The van der Waals surface area contributed by atoms with Crippen LogP contribution in [0.15, 0.2) is 48.7 Å². The molecule has 3 rings (SSSR count). The molecule has 1 unspecified atom stereocenters. The number of carbonyl (C=O) groups excluding carboxylic acids is 1. The first-order chi connectivity index (χ1) is 11.3. The van der Waals surface area contributed by atoms with Crippen molar-refractivity contribution >= 4 is 11.7 Å². The molecule has 1 aliphatic rings. The van der Waals surface area contributed by atoms with Crippen LogP contribution in [0.3, 0.4) is 0 Å². The Bertz CT molecular complexity index is 654. The van der Waals surface area contributed by atoms with E-state index in [0.717, 1.165) is 24.5 Å². The number of nitrogens with one attached hydrogen (secondary N) is 1. The second kappa shape index (κ2) is 7.24. The lowest BCUT2D eigenvalue weighted by atomic mass is 10.1. The molecule has 5 heteroatoms. The molecule has 2 heterocycles. The molecule has 0 aliphatic carbocycles. The van der Waals surface area contributed by atoms with Crippen molar-refractivity contribution in [2.75, 3.05) is 31.2 Å². The van der Waals surface area contributed by atoms with E-state index in [2.05, 4.69) is 15.2 Å². The lowest BCUT2D eigenvalue weighted by molar-refractivity contribution is 0.0938. The van der Waals surface area contributed by atoms with Crippen LogP contribution in [0.5, 0.6) is 0 Å². The molecule has 5 nitrogen and oxygen atoms in total. The largest absolute Gasteiger partial charge is 0.378 e. The number of anilines is 1. The van der Waals surface area contributed by atoms with E-state index in [0.29, 0.717) is 18.8 Å². The van der Waals surface area contributed by atoms with Gasteiger partial charge in [0.05, 0.1) is 24.8 Å². The molecule has 0 saturated carbocycles. The van der Waals surface area contributed by atoms with Crippen LogP contribution in [0.4, 0.5) is 5.82 Å². The van der Waals surface area contributed by atoms with Crippen LogP contribution in [0.25, 0.3) is 0 Å². The third kappa shape index (κ3) is 3.68. The average Bonchev–Trinajstić information content (AvgIpc) is 2.63. The lowest BCUT2D eigenvalue weighted by Crippen LogP contribution is -2.38. The van der Waals surface area contributed by atoms with Crippen molar-refractivity contribution in [2.45, 2.75) is 13.0 Å². The monoisotopic (exact) mass is 311 g/mol. The summed E-state index contributed by atoms with van der Waals surface area (Å²) in [7, 11) is 0. The molecule has 1 amide bonds. The summed E-state index contributed by atoms with van der Waals surface area (Å²) in [5, 5.41) is 3.06. The van der Waals surface area contributed by atoms with E-state index in [1.807, 2.05) is 43.3 Å². The number of hydrogen-bond acceptors (Lipinski definition) is 4. The number of carbonyl (C=O) groups is 1. The van der Waals surface area contributed by atoms with Gasteiger partial charge in [-0.1, -0.05) is 30.3 Å². The Balaban J connectivity index is 1.77. The standard InChI is InChI=1S/C18H21N3O2/c1-14(15-6-3-2-4-7-15)20-18(22)16-8-5-9-19-17(16)21-10-12-23-13-11-21/h2-9,14H,10-13H2,1H3,(H,20,22). The molecule has 2 aromatic rings. The smallest absolute Gasteiger partial charge is 0.255 e. The minimum absolute atomic E-state index is 0.0542. The fraction of sp³-hybridized carbons (Fsp3) is 0.333. The highest BCUT2D eigenvalue weighted by atomic mass is 16.5. The van der Waals surface area contributed by atoms with E-state index in [4.69, 9.17) is 4.74 Å². The Morgan fingerprint density at radius 1 is 1.17 bits per heavy atom. The van der Waals surface area contributed by atoms with E-state index >= 15 is 0 Å². The Morgan fingerprint density at radius 2 is 1.91 bits per heavy atom. The van der Waals surface area contributed by atoms with Gasteiger partial charge < -0.3 is 15.0 Å². The van der Waals surface area contributed by atoms with Crippen LogP contribution in [0.2, 0.25) is 0 Å². The predicted molar refractivity (Wildman–Crippen MR) is 89.6 cm³/mol. The van der Waals surface area contributed by atoms with E-state index in [1.54, 1.807) is 12.3 Å². The van der Waals surface area contributed by atoms with Gasteiger partial charge in [0.25, 0.3) is 5.91 Å². The van der Waals surface area contributed by atoms with Gasteiger partial charge >= 0.3 is 0 Å². The SMILES string of the molecule is CC(NC(=O)c1cccnc1N1CCOCC1)c1ccccc1. The maximum Gasteiger partial charge on any atom is 0.255 e. The molecule has 1 N–H and O–H groups in total. The molecule has 1 fully saturated rings. The van der Waals surface area contributed by atoms with Crippen molar-refractivity contribution < 1.29 is 9.53 Å². The van der Waals surface area contributed by atoms with Gasteiger partial charge in [0.15, 0.2) is 0 Å². The summed E-state index contributed by atoms with van der Waals surface area (Å²) in [6.07, 6.45) is 1.72. The van der Waals surface area contributed by atoms with Gasteiger partial charge in [0.1, 0.15) is 5.82 Å². The Labute approximate surface area is 136 Å². The first kappa shape index (κ1) is 15.5. The second-order valence-corrected chi connectivity index (χ2v) is 5.58.